The molecule has 0 aliphatic carbocycles. The Labute approximate surface area is 138 Å². The molecule has 0 fully saturated rings. The predicted octanol–water partition coefficient (Wildman–Crippen LogP) is 4.62. The maximum absolute atomic E-state index is 13.2. The van der Waals surface area contributed by atoms with Gasteiger partial charge < -0.3 is 0 Å². The summed E-state index contributed by atoms with van der Waals surface area (Å²) in [6, 6.07) is -1.06. The Hall–Kier alpha value is -1.16. The Morgan fingerprint density at radius 2 is 1.67 bits per heavy atom. The number of hydrogen-bond acceptors (Lipinski definition) is 2. The lowest BCUT2D eigenvalue weighted by molar-refractivity contribution is -0.146. The van der Waals surface area contributed by atoms with Crippen LogP contribution in [0.4, 0.5) is 26.3 Å². The van der Waals surface area contributed by atoms with E-state index in [0.717, 1.165) is 0 Å². The summed E-state index contributed by atoms with van der Waals surface area (Å²) in [4.78, 5) is 3.10. The number of nitrogens with zero attached hydrogens (tertiary/aromatic N) is 1. The average molecular weight is 376 g/mol. The maximum Gasteiger partial charge on any atom is 0.433 e. The molecular formula is C14H18F6N2OS. The molecule has 2 atom stereocenters. The van der Waals surface area contributed by atoms with Crippen molar-refractivity contribution in [2.45, 2.75) is 57.3 Å². The smallest absolute Gasteiger partial charge is 0.251 e. The summed E-state index contributed by atoms with van der Waals surface area (Å²) in [5.41, 5.74) is -3.52. The van der Waals surface area contributed by atoms with E-state index in [4.69, 9.17) is 0 Å². The van der Waals surface area contributed by atoms with Crippen LogP contribution >= 0.6 is 0 Å². The van der Waals surface area contributed by atoms with E-state index in [2.05, 4.69) is 9.71 Å². The van der Waals surface area contributed by atoms with Gasteiger partial charge in [-0.25, -0.2) is 8.93 Å². The second-order valence-corrected chi connectivity index (χ2v) is 8.11. The third-order valence-electron chi connectivity index (χ3n) is 3.12. The van der Waals surface area contributed by atoms with Gasteiger partial charge >= 0.3 is 12.4 Å². The Morgan fingerprint density at radius 1 is 1.12 bits per heavy atom. The second-order valence-electron chi connectivity index (χ2n) is 6.11. The number of pyridine rings is 1. The molecule has 1 N–H and O–H groups in total. The highest BCUT2D eigenvalue weighted by Crippen LogP contribution is 2.38. The molecule has 10 heteroatoms. The molecule has 1 aromatic heterocycles. The van der Waals surface area contributed by atoms with Crippen molar-refractivity contribution in [1.82, 2.24) is 9.71 Å². The minimum atomic E-state index is -4.99. The van der Waals surface area contributed by atoms with E-state index in [1.807, 2.05) is 0 Å². The van der Waals surface area contributed by atoms with Gasteiger partial charge in [-0.3, -0.25) is 4.98 Å². The fourth-order valence-electron chi connectivity index (χ4n) is 1.82. The monoisotopic (exact) mass is 376 g/mol. The first kappa shape index (κ1) is 20.9. The normalized spacial score (nSPS) is 16.1. The van der Waals surface area contributed by atoms with Crippen molar-refractivity contribution < 1.29 is 30.6 Å². The van der Waals surface area contributed by atoms with Crippen molar-refractivity contribution in [2.24, 2.45) is 0 Å². The zero-order valence-electron chi connectivity index (χ0n) is 13.5. The minimum Gasteiger partial charge on any atom is -0.251 e. The molecule has 0 unspecified atom stereocenters. The number of rotatable bonds is 4. The summed E-state index contributed by atoms with van der Waals surface area (Å²) in [6.07, 6.45) is -9.33. The topological polar surface area (TPSA) is 42.0 Å². The van der Waals surface area contributed by atoms with Gasteiger partial charge in [0.25, 0.3) is 0 Å². The van der Waals surface area contributed by atoms with Crippen molar-refractivity contribution in [3.05, 3.63) is 29.1 Å². The van der Waals surface area contributed by atoms with Gasteiger partial charge in [-0.1, -0.05) is 6.92 Å². The van der Waals surface area contributed by atoms with Crippen molar-refractivity contribution >= 4 is 11.0 Å². The number of hydrogen-bond donors (Lipinski definition) is 1. The van der Waals surface area contributed by atoms with Crippen molar-refractivity contribution in [1.29, 1.82) is 0 Å². The molecule has 24 heavy (non-hydrogen) atoms. The van der Waals surface area contributed by atoms with Gasteiger partial charge in [-0.2, -0.15) is 26.3 Å². The van der Waals surface area contributed by atoms with Gasteiger partial charge in [-0.15, -0.1) is 0 Å². The van der Waals surface area contributed by atoms with Crippen LogP contribution in [0.1, 0.15) is 57.0 Å². The number of aromatic nitrogens is 1. The van der Waals surface area contributed by atoms with Crippen molar-refractivity contribution in [2.75, 3.05) is 0 Å². The van der Waals surface area contributed by atoms with E-state index in [-0.39, 0.29) is 12.5 Å². The van der Waals surface area contributed by atoms with E-state index in [1.165, 1.54) is 6.92 Å². The summed E-state index contributed by atoms with van der Waals surface area (Å²) in [6.45, 7) is 6.41. The zero-order valence-corrected chi connectivity index (χ0v) is 14.3. The quantitative estimate of drug-likeness (QED) is 0.779. The van der Waals surface area contributed by atoms with Crippen LogP contribution in [0.5, 0.6) is 0 Å². The van der Waals surface area contributed by atoms with Crippen molar-refractivity contribution in [3.8, 4) is 0 Å². The van der Waals surface area contributed by atoms with Gasteiger partial charge in [0.15, 0.2) is 0 Å². The Bertz CT molecular complexity index is 607. The lowest BCUT2D eigenvalue weighted by Crippen LogP contribution is -2.36. The minimum absolute atomic E-state index is 0.0142. The summed E-state index contributed by atoms with van der Waals surface area (Å²) in [5, 5.41) is 0. The molecule has 0 amide bonds. The SMILES string of the molecule is CC[C@H](N[S@](=O)C(C)(C)C)c1cnc(C(F)(F)F)cc1C(F)(F)F. The van der Waals surface area contributed by atoms with Crippen LogP contribution in [0.15, 0.2) is 12.3 Å². The zero-order chi connectivity index (χ0) is 18.9. The summed E-state index contributed by atoms with van der Waals surface area (Å²) in [7, 11) is -1.69. The molecule has 0 spiro atoms. The molecule has 0 saturated heterocycles. The van der Waals surface area contributed by atoms with Gasteiger partial charge in [0, 0.05) is 17.8 Å². The molecule has 0 aliphatic rings. The highest BCUT2D eigenvalue weighted by molar-refractivity contribution is 7.84. The molecule has 138 valence electrons. The molecule has 3 nitrogen and oxygen atoms in total. The molecule has 0 aliphatic heterocycles. The maximum atomic E-state index is 13.2. The van der Waals surface area contributed by atoms with E-state index < -0.39 is 50.9 Å². The van der Waals surface area contributed by atoms with Crippen LogP contribution in [-0.4, -0.2) is 13.9 Å². The first-order chi connectivity index (χ1) is 10.7. The summed E-state index contributed by atoms with van der Waals surface area (Å²) < 4.78 is 91.4. The largest absolute Gasteiger partial charge is 0.433 e. The molecule has 1 heterocycles. The molecule has 0 saturated carbocycles. The van der Waals surface area contributed by atoms with Crippen LogP contribution in [0.3, 0.4) is 0 Å². The molecule has 0 radical (unpaired) electrons. The summed E-state index contributed by atoms with van der Waals surface area (Å²) in [5.74, 6) is 0. The van der Waals surface area contributed by atoms with Gasteiger partial charge in [-0.05, 0) is 33.3 Å². The first-order valence-corrected chi connectivity index (χ1v) is 8.15. The van der Waals surface area contributed by atoms with Crippen LogP contribution in [0.25, 0.3) is 0 Å². The Balaban J connectivity index is 3.37. The molecule has 0 aromatic carbocycles. The van der Waals surface area contributed by atoms with Gasteiger partial charge in [0.1, 0.15) is 5.69 Å². The first-order valence-electron chi connectivity index (χ1n) is 7.00. The highest BCUT2D eigenvalue weighted by Gasteiger charge is 2.40. The summed E-state index contributed by atoms with van der Waals surface area (Å²) >= 11 is 0. The Kier molecular flexibility index (Phi) is 6.08. The molecule has 1 aromatic rings. The van der Waals surface area contributed by atoms with Gasteiger partial charge in [0.05, 0.1) is 21.3 Å². The van der Waals surface area contributed by atoms with Crippen LogP contribution in [0, 0.1) is 0 Å². The van der Waals surface area contributed by atoms with Crippen LogP contribution in [0.2, 0.25) is 0 Å². The van der Waals surface area contributed by atoms with E-state index in [0.29, 0.717) is 6.20 Å². The highest BCUT2D eigenvalue weighted by atomic mass is 32.2. The number of nitrogens with one attached hydrogen (secondary N) is 1. The lowest BCUT2D eigenvalue weighted by atomic mass is 10.00. The van der Waals surface area contributed by atoms with E-state index >= 15 is 0 Å². The van der Waals surface area contributed by atoms with E-state index in [1.54, 1.807) is 20.8 Å². The van der Waals surface area contributed by atoms with E-state index in [9.17, 15) is 30.6 Å². The second kappa shape index (κ2) is 6.99. The Morgan fingerprint density at radius 3 is 2.04 bits per heavy atom. The standard InChI is InChI=1S/C14H18F6N2OS/c1-5-10(22-24(23)12(2,3)4)8-7-21-11(14(18,19)20)6-9(8)13(15,16)17/h6-7,10,22H,5H2,1-4H3/t10-,24+/m0/s1. The average Bonchev–Trinajstić information content (AvgIpc) is 2.40. The molecule has 0 bridgehead atoms. The van der Waals surface area contributed by atoms with Gasteiger partial charge in [0.2, 0.25) is 0 Å². The molecular weight excluding hydrogens is 358 g/mol. The number of halogens is 6. The third kappa shape index (κ3) is 5.17. The van der Waals surface area contributed by atoms with Crippen LogP contribution < -0.4 is 4.72 Å². The number of alkyl halides is 6. The van der Waals surface area contributed by atoms with Crippen LogP contribution in [-0.2, 0) is 23.3 Å². The van der Waals surface area contributed by atoms with Crippen molar-refractivity contribution in [3.63, 3.8) is 0 Å². The third-order valence-corrected chi connectivity index (χ3v) is 4.73. The predicted molar refractivity (Wildman–Crippen MR) is 78.3 cm³/mol. The fourth-order valence-corrected chi connectivity index (χ4v) is 2.72. The molecule has 1 rings (SSSR count). The fraction of sp³-hybridized carbons (Fsp3) is 0.643. The lowest BCUT2D eigenvalue weighted by Gasteiger charge is -2.26.